The summed E-state index contributed by atoms with van der Waals surface area (Å²) in [6, 6.07) is -0.877. The van der Waals surface area contributed by atoms with E-state index in [1.807, 2.05) is 0 Å². The van der Waals surface area contributed by atoms with Gasteiger partial charge in [0.1, 0.15) is 22.0 Å². The molecule has 1 aliphatic carbocycles. The van der Waals surface area contributed by atoms with Gasteiger partial charge in [0.2, 0.25) is 0 Å². The summed E-state index contributed by atoms with van der Waals surface area (Å²) < 4.78 is 32.6. The van der Waals surface area contributed by atoms with E-state index in [1.165, 1.54) is 0 Å². The van der Waals surface area contributed by atoms with Gasteiger partial charge in [-0.25, -0.2) is 8.42 Å². The predicted molar refractivity (Wildman–Crippen MR) is 71.4 cm³/mol. The highest BCUT2D eigenvalue weighted by atomic mass is 32.2. The Balaban J connectivity index is 2.37. The van der Waals surface area contributed by atoms with Crippen LogP contribution in [0.1, 0.15) is 32.1 Å². The summed E-state index contributed by atoms with van der Waals surface area (Å²) >= 11 is 0. The van der Waals surface area contributed by atoms with E-state index in [-0.39, 0.29) is 24.4 Å². The molecular weight excluding hydrogens is 270 g/mol. The third-order valence-electron chi connectivity index (χ3n) is 3.30. The molecule has 0 saturated heterocycles. The lowest BCUT2D eigenvalue weighted by Gasteiger charge is -2.28. The Morgan fingerprint density at radius 1 is 1.37 bits per heavy atom. The number of carbonyl (C=O) groups excluding carboxylic acids is 1. The molecular formula is C12H23NO5S. The Morgan fingerprint density at radius 2 is 2.00 bits per heavy atom. The average Bonchev–Trinajstić information content (AvgIpc) is 2.35. The SMILES string of the molecule is COC1CCCC(OC(=O)C(N)CCS(C)(=O)=O)C1. The number of ether oxygens (including phenoxy) is 2. The van der Waals surface area contributed by atoms with Crippen molar-refractivity contribution in [2.24, 2.45) is 5.73 Å². The van der Waals surface area contributed by atoms with Crippen molar-refractivity contribution < 1.29 is 22.7 Å². The van der Waals surface area contributed by atoms with Gasteiger partial charge in [0.15, 0.2) is 0 Å². The van der Waals surface area contributed by atoms with Gasteiger partial charge in [0, 0.05) is 19.8 Å². The first-order valence-corrected chi connectivity index (χ1v) is 8.54. The molecule has 0 aliphatic heterocycles. The van der Waals surface area contributed by atoms with Gasteiger partial charge in [-0.3, -0.25) is 4.79 Å². The summed E-state index contributed by atoms with van der Waals surface area (Å²) in [6.07, 6.45) is 4.59. The van der Waals surface area contributed by atoms with Crippen LogP contribution >= 0.6 is 0 Å². The minimum absolute atomic E-state index is 0.0953. The van der Waals surface area contributed by atoms with Gasteiger partial charge >= 0.3 is 5.97 Å². The van der Waals surface area contributed by atoms with E-state index < -0.39 is 21.8 Å². The molecule has 1 rings (SSSR count). The highest BCUT2D eigenvalue weighted by Gasteiger charge is 2.27. The van der Waals surface area contributed by atoms with Gasteiger partial charge < -0.3 is 15.2 Å². The Bertz CT molecular complexity index is 395. The van der Waals surface area contributed by atoms with Crippen LogP contribution < -0.4 is 5.73 Å². The van der Waals surface area contributed by atoms with Crippen molar-refractivity contribution in [1.82, 2.24) is 0 Å². The zero-order valence-corrected chi connectivity index (χ0v) is 12.3. The molecule has 3 atom stereocenters. The third kappa shape index (κ3) is 6.35. The van der Waals surface area contributed by atoms with Gasteiger partial charge in [0.05, 0.1) is 11.9 Å². The lowest BCUT2D eigenvalue weighted by Crippen LogP contribution is -2.38. The Kier molecular flexibility index (Phi) is 6.22. The van der Waals surface area contributed by atoms with E-state index in [0.29, 0.717) is 6.42 Å². The van der Waals surface area contributed by atoms with Crippen molar-refractivity contribution in [3.63, 3.8) is 0 Å². The Labute approximate surface area is 114 Å². The van der Waals surface area contributed by atoms with Crippen LogP contribution in [-0.2, 0) is 24.1 Å². The second kappa shape index (κ2) is 7.21. The van der Waals surface area contributed by atoms with E-state index in [9.17, 15) is 13.2 Å². The van der Waals surface area contributed by atoms with Crippen LogP contribution in [0.4, 0.5) is 0 Å². The van der Waals surface area contributed by atoms with Crippen LogP contribution in [0.25, 0.3) is 0 Å². The number of carbonyl (C=O) groups is 1. The number of methoxy groups -OCH3 is 1. The summed E-state index contributed by atoms with van der Waals surface area (Å²) in [7, 11) is -1.46. The quantitative estimate of drug-likeness (QED) is 0.705. The number of rotatable bonds is 6. The van der Waals surface area contributed by atoms with Crippen LogP contribution in [0.3, 0.4) is 0 Å². The summed E-state index contributed by atoms with van der Waals surface area (Å²) in [5.41, 5.74) is 5.64. The molecule has 3 unspecified atom stereocenters. The number of esters is 1. The molecule has 0 aromatic carbocycles. The molecule has 0 amide bonds. The molecule has 0 bridgehead atoms. The van der Waals surface area contributed by atoms with Gasteiger partial charge in [-0.05, 0) is 25.7 Å². The van der Waals surface area contributed by atoms with Crippen LogP contribution in [0.2, 0.25) is 0 Å². The van der Waals surface area contributed by atoms with Crippen LogP contribution in [0.5, 0.6) is 0 Å². The van der Waals surface area contributed by atoms with Crippen LogP contribution in [-0.4, -0.2) is 51.8 Å². The standard InChI is InChI=1S/C12H23NO5S/c1-17-9-4-3-5-10(8-9)18-12(14)11(13)6-7-19(2,15)16/h9-11H,3-8,13H2,1-2H3. The largest absolute Gasteiger partial charge is 0.461 e. The molecule has 0 aromatic heterocycles. The summed E-state index contributed by atoms with van der Waals surface area (Å²) in [5, 5.41) is 0. The highest BCUT2D eigenvalue weighted by molar-refractivity contribution is 7.90. The first-order chi connectivity index (χ1) is 8.81. The van der Waals surface area contributed by atoms with Crippen molar-refractivity contribution in [2.45, 2.75) is 50.4 Å². The molecule has 1 saturated carbocycles. The fourth-order valence-corrected chi connectivity index (χ4v) is 2.82. The molecule has 7 heteroatoms. The minimum atomic E-state index is -3.11. The normalized spacial score (nSPS) is 25.8. The topological polar surface area (TPSA) is 95.7 Å². The van der Waals surface area contributed by atoms with Crippen molar-refractivity contribution in [1.29, 1.82) is 0 Å². The summed E-state index contributed by atoms with van der Waals surface area (Å²) in [5.74, 6) is -0.625. The third-order valence-corrected chi connectivity index (χ3v) is 4.27. The van der Waals surface area contributed by atoms with Gasteiger partial charge in [-0.1, -0.05) is 0 Å². The van der Waals surface area contributed by atoms with Gasteiger partial charge in [-0.2, -0.15) is 0 Å². The maximum absolute atomic E-state index is 11.7. The molecule has 2 N–H and O–H groups in total. The molecule has 112 valence electrons. The molecule has 19 heavy (non-hydrogen) atoms. The lowest BCUT2D eigenvalue weighted by atomic mass is 9.95. The van der Waals surface area contributed by atoms with E-state index in [0.717, 1.165) is 25.5 Å². The van der Waals surface area contributed by atoms with Crippen molar-refractivity contribution >= 4 is 15.8 Å². The van der Waals surface area contributed by atoms with E-state index in [1.54, 1.807) is 7.11 Å². The fraction of sp³-hybridized carbons (Fsp3) is 0.917. The summed E-state index contributed by atoms with van der Waals surface area (Å²) in [6.45, 7) is 0. The molecule has 0 spiro atoms. The molecule has 6 nitrogen and oxygen atoms in total. The molecule has 1 aliphatic rings. The van der Waals surface area contributed by atoms with Crippen molar-refractivity contribution in [2.75, 3.05) is 19.1 Å². The molecule has 1 fully saturated rings. The number of hydrogen-bond donors (Lipinski definition) is 1. The lowest BCUT2D eigenvalue weighted by molar-refractivity contribution is -0.154. The predicted octanol–water partition coefficient (Wildman–Crippen LogP) is 0.249. The maximum atomic E-state index is 11.7. The number of sulfone groups is 1. The van der Waals surface area contributed by atoms with Gasteiger partial charge in [0.25, 0.3) is 0 Å². The van der Waals surface area contributed by atoms with Crippen LogP contribution in [0, 0.1) is 0 Å². The molecule has 0 radical (unpaired) electrons. The van der Waals surface area contributed by atoms with E-state index in [4.69, 9.17) is 15.2 Å². The Hall–Kier alpha value is -0.660. The average molecular weight is 293 g/mol. The number of hydrogen-bond acceptors (Lipinski definition) is 6. The molecule has 0 aromatic rings. The van der Waals surface area contributed by atoms with E-state index >= 15 is 0 Å². The first kappa shape index (κ1) is 16.4. The fourth-order valence-electron chi connectivity index (χ4n) is 2.13. The van der Waals surface area contributed by atoms with Crippen molar-refractivity contribution in [3.05, 3.63) is 0 Å². The Morgan fingerprint density at radius 3 is 2.58 bits per heavy atom. The summed E-state index contributed by atoms with van der Waals surface area (Å²) in [4.78, 5) is 11.7. The zero-order valence-electron chi connectivity index (χ0n) is 11.5. The first-order valence-electron chi connectivity index (χ1n) is 6.48. The van der Waals surface area contributed by atoms with Crippen LogP contribution in [0.15, 0.2) is 0 Å². The second-order valence-corrected chi connectivity index (χ2v) is 7.37. The monoisotopic (exact) mass is 293 g/mol. The number of nitrogens with two attached hydrogens (primary N) is 1. The van der Waals surface area contributed by atoms with Gasteiger partial charge in [-0.15, -0.1) is 0 Å². The highest BCUT2D eigenvalue weighted by Crippen LogP contribution is 2.23. The van der Waals surface area contributed by atoms with E-state index in [2.05, 4.69) is 0 Å². The zero-order chi connectivity index (χ0) is 14.5. The van der Waals surface area contributed by atoms with Crippen molar-refractivity contribution in [3.8, 4) is 0 Å². The second-order valence-electron chi connectivity index (χ2n) is 5.11. The molecule has 0 heterocycles. The maximum Gasteiger partial charge on any atom is 0.323 e. The smallest absolute Gasteiger partial charge is 0.323 e. The minimum Gasteiger partial charge on any atom is -0.461 e.